The Bertz CT molecular complexity index is 842. The number of ether oxygens (including phenoxy) is 1. The Hall–Kier alpha value is -2.89. The van der Waals surface area contributed by atoms with Crippen LogP contribution in [0.5, 0.6) is 0 Å². The molecule has 2 N–H and O–H groups in total. The number of amides is 2. The molecule has 2 aromatic rings. The van der Waals surface area contributed by atoms with Crippen LogP contribution < -0.4 is 10.6 Å². The molecule has 2 rings (SSSR count). The van der Waals surface area contributed by atoms with Crippen molar-refractivity contribution in [2.45, 2.75) is 46.1 Å². The lowest BCUT2D eigenvalue weighted by molar-refractivity contribution is -0.152. The monoisotopic (exact) mass is 398 g/mol. The number of unbranched alkanes of at least 4 members (excludes halogenated alkanes) is 1. The van der Waals surface area contributed by atoms with Gasteiger partial charge in [-0.3, -0.25) is 9.59 Å². The molecule has 0 saturated heterocycles. The predicted octanol–water partition coefficient (Wildman–Crippen LogP) is 2.98. The maximum atomic E-state index is 12.6. The van der Waals surface area contributed by atoms with Crippen LogP contribution in [-0.2, 0) is 25.5 Å². The minimum Gasteiger partial charge on any atom is -0.454 e. The van der Waals surface area contributed by atoms with E-state index in [0.29, 0.717) is 6.54 Å². The summed E-state index contributed by atoms with van der Waals surface area (Å²) in [5, 5.41) is 7.53. The van der Waals surface area contributed by atoms with Gasteiger partial charge in [0.1, 0.15) is 6.04 Å². The smallest absolute Gasteiger partial charge is 0.329 e. The van der Waals surface area contributed by atoms with Crippen LogP contribution >= 0.6 is 0 Å². The third kappa shape index (κ3) is 6.89. The largest absolute Gasteiger partial charge is 0.454 e. The quantitative estimate of drug-likeness (QED) is 0.476. The van der Waals surface area contributed by atoms with Crippen LogP contribution in [-0.4, -0.2) is 37.0 Å². The van der Waals surface area contributed by atoms with E-state index in [9.17, 15) is 14.4 Å². The van der Waals surface area contributed by atoms with E-state index in [1.165, 1.54) is 0 Å². The topological polar surface area (TPSA) is 84.5 Å². The van der Waals surface area contributed by atoms with Gasteiger partial charge in [0.15, 0.2) is 6.61 Å². The number of benzene rings is 2. The molecule has 2 aromatic carbocycles. The fourth-order valence-corrected chi connectivity index (χ4v) is 3.02. The van der Waals surface area contributed by atoms with Gasteiger partial charge in [-0.05, 0) is 28.7 Å². The zero-order valence-corrected chi connectivity index (χ0v) is 17.4. The zero-order valence-electron chi connectivity index (χ0n) is 17.4. The Morgan fingerprint density at radius 2 is 1.72 bits per heavy atom. The van der Waals surface area contributed by atoms with Crippen molar-refractivity contribution in [3.63, 3.8) is 0 Å². The molecule has 6 heteroatoms. The summed E-state index contributed by atoms with van der Waals surface area (Å²) >= 11 is 0. The van der Waals surface area contributed by atoms with Crippen LogP contribution in [0.3, 0.4) is 0 Å². The lowest BCUT2D eigenvalue weighted by Crippen LogP contribution is -2.46. The molecular weight excluding hydrogens is 368 g/mol. The summed E-state index contributed by atoms with van der Waals surface area (Å²) < 4.78 is 5.11. The Kier molecular flexibility index (Phi) is 8.65. The van der Waals surface area contributed by atoms with Gasteiger partial charge in [-0.1, -0.05) is 69.7 Å². The number of esters is 1. The molecular formula is C23H30N2O4. The lowest BCUT2D eigenvalue weighted by atomic mass is 10.0. The van der Waals surface area contributed by atoms with Crippen LogP contribution in [0.1, 0.15) is 39.2 Å². The predicted molar refractivity (Wildman–Crippen MR) is 113 cm³/mol. The van der Waals surface area contributed by atoms with Crippen LogP contribution in [0.4, 0.5) is 0 Å². The summed E-state index contributed by atoms with van der Waals surface area (Å²) in [4.78, 5) is 36.7. The number of hydrogen-bond acceptors (Lipinski definition) is 4. The van der Waals surface area contributed by atoms with Crippen molar-refractivity contribution in [3.8, 4) is 0 Å². The molecule has 0 spiro atoms. The van der Waals surface area contributed by atoms with E-state index < -0.39 is 12.0 Å². The third-order valence-electron chi connectivity index (χ3n) is 4.67. The standard InChI is InChI=1S/C23H30N2O4/c1-4-5-13-24-21(27)15-29-23(28)22(16(2)3)25-20(26)14-18-11-8-10-17-9-6-7-12-19(17)18/h6-12,16,22H,4-5,13-15H2,1-3H3,(H,24,27)(H,25,26). The fraction of sp³-hybridized carbons (Fsp3) is 0.435. The molecule has 1 atom stereocenters. The first-order chi connectivity index (χ1) is 13.9. The Labute approximate surface area is 172 Å². The first kappa shape index (κ1) is 22.4. The Morgan fingerprint density at radius 3 is 2.45 bits per heavy atom. The number of hydrogen-bond donors (Lipinski definition) is 2. The first-order valence-corrected chi connectivity index (χ1v) is 10.1. The zero-order chi connectivity index (χ0) is 21.2. The van der Waals surface area contributed by atoms with Gasteiger partial charge in [-0.25, -0.2) is 4.79 Å². The Balaban J connectivity index is 1.94. The molecule has 29 heavy (non-hydrogen) atoms. The van der Waals surface area contributed by atoms with Crippen molar-refractivity contribution in [1.82, 2.24) is 10.6 Å². The SMILES string of the molecule is CCCCNC(=O)COC(=O)C(NC(=O)Cc1cccc2ccccc12)C(C)C. The minimum absolute atomic E-state index is 0.162. The molecule has 6 nitrogen and oxygen atoms in total. The van der Waals surface area contributed by atoms with Gasteiger partial charge >= 0.3 is 5.97 Å². The molecule has 0 aromatic heterocycles. The molecule has 0 aliphatic carbocycles. The molecule has 0 fully saturated rings. The van der Waals surface area contributed by atoms with E-state index in [2.05, 4.69) is 10.6 Å². The van der Waals surface area contributed by atoms with Crippen molar-refractivity contribution in [1.29, 1.82) is 0 Å². The molecule has 0 aliphatic rings. The molecule has 0 heterocycles. The van der Waals surface area contributed by atoms with Crippen molar-refractivity contribution in [3.05, 3.63) is 48.0 Å². The van der Waals surface area contributed by atoms with Gasteiger partial charge in [-0.15, -0.1) is 0 Å². The Morgan fingerprint density at radius 1 is 1.00 bits per heavy atom. The van der Waals surface area contributed by atoms with Gasteiger partial charge in [0.25, 0.3) is 5.91 Å². The van der Waals surface area contributed by atoms with Crippen molar-refractivity contribution < 1.29 is 19.1 Å². The number of fused-ring (bicyclic) bond motifs is 1. The highest BCUT2D eigenvalue weighted by molar-refractivity contribution is 5.92. The average molecular weight is 399 g/mol. The molecule has 2 amide bonds. The van der Waals surface area contributed by atoms with Crippen molar-refractivity contribution in [2.75, 3.05) is 13.2 Å². The summed E-state index contributed by atoms with van der Waals surface area (Å²) in [6.45, 7) is 5.89. The van der Waals surface area contributed by atoms with E-state index in [-0.39, 0.29) is 30.8 Å². The van der Waals surface area contributed by atoms with E-state index in [0.717, 1.165) is 29.2 Å². The van der Waals surface area contributed by atoms with Crippen LogP contribution in [0.25, 0.3) is 10.8 Å². The normalized spacial score (nSPS) is 11.9. The first-order valence-electron chi connectivity index (χ1n) is 10.1. The number of nitrogens with one attached hydrogen (secondary N) is 2. The van der Waals surface area contributed by atoms with Crippen LogP contribution in [0.15, 0.2) is 42.5 Å². The maximum absolute atomic E-state index is 12.6. The van der Waals surface area contributed by atoms with Crippen LogP contribution in [0, 0.1) is 5.92 Å². The van der Waals surface area contributed by atoms with E-state index >= 15 is 0 Å². The molecule has 1 unspecified atom stereocenters. The number of rotatable bonds is 10. The third-order valence-corrected chi connectivity index (χ3v) is 4.67. The van der Waals surface area contributed by atoms with Crippen molar-refractivity contribution >= 4 is 28.6 Å². The average Bonchev–Trinajstić information content (AvgIpc) is 2.70. The summed E-state index contributed by atoms with van der Waals surface area (Å²) in [5.41, 5.74) is 0.895. The fourth-order valence-electron chi connectivity index (χ4n) is 3.02. The van der Waals surface area contributed by atoms with Gasteiger partial charge in [0, 0.05) is 6.54 Å². The molecule has 156 valence electrons. The van der Waals surface area contributed by atoms with E-state index in [4.69, 9.17) is 4.74 Å². The van der Waals surface area contributed by atoms with Gasteiger partial charge < -0.3 is 15.4 Å². The molecule has 0 saturated carbocycles. The second-order valence-electron chi connectivity index (χ2n) is 7.42. The molecule has 0 radical (unpaired) electrons. The van der Waals surface area contributed by atoms with Crippen molar-refractivity contribution in [2.24, 2.45) is 5.92 Å². The number of carbonyl (C=O) groups excluding carboxylic acids is 3. The van der Waals surface area contributed by atoms with Gasteiger partial charge in [-0.2, -0.15) is 0 Å². The van der Waals surface area contributed by atoms with Gasteiger partial charge in [0.2, 0.25) is 5.91 Å². The van der Waals surface area contributed by atoms with E-state index in [1.54, 1.807) is 0 Å². The van der Waals surface area contributed by atoms with Gasteiger partial charge in [0.05, 0.1) is 6.42 Å². The summed E-state index contributed by atoms with van der Waals surface area (Å²) in [6.07, 6.45) is 2.01. The highest BCUT2D eigenvalue weighted by Gasteiger charge is 2.26. The summed E-state index contributed by atoms with van der Waals surface area (Å²) in [6, 6.07) is 12.9. The number of carbonyl (C=O) groups is 3. The molecule has 0 bridgehead atoms. The highest BCUT2D eigenvalue weighted by atomic mass is 16.5. The second-order valence-corrected chi connectivity index (χ2v) is 7.42. The second kappa shape index (κ2) is 11.2. The summed E-state index contributed by atoms with van der Waals surface area (Å²) in [5.74, 6) is -1.36. The molecule has 0 aliphatic heterocycles. The van der Waals surface area contributed by atoms with E-state index in [1.807, 2.05) is 63.2 Å². The minimum atomic E-state index is -0.805. The highest BCUT2D eigenvalue weighted by Crippen LogP contribution is 2.19. The maximum Gasteiger partial charge on any atom is 0.329 e. The summed E-state index contributed by atoms with van der Waals surface area (Å²) in [7, 11) is 0. The van der Waals surface area contributed by atoms with Crippen LogP contribution in [0.2, 0.25) is 0 Å². The lowest BCUT2D eigenvalue weighted by Gasteiger charge is -2.21.